The summed E-state index contributed by atoms with van der Waals surface area (Å²) in [5, 5.41) is 11.7. The van der Waals surface area contributed by atoms with E-state index in [1.807, 2.05) is 0 Å². The number of hydrogen-bond acceptors (Lipinski definition) is 5. The maximum absolute atomic E-state index is 11.9. The molecule has 3 N–H and O–H groups in total. The lowest BCUT2D eigenvalue weighted by molar-refractivity contribution is -0.118. The second-order valence-electron chi connectivity index (χ2n) is 5.04. The van der Waals surface area contributed by atoms with Gasteiger partial charge in [-0.3, -0.25) is 9.69 Å². The van der Waals surface area contributed by atoms with E-state index in [0.29, 0.717) is 0 Å². The highest BCUT2D eigenvalue weighted by atomic mass is 16.6. The molecule has 7 heteroatoms. The highest BCUT2D eigenvalue weighted by Crippen LogP contribution is 2.05. The van der Waals surface area contributed by atoms with Crippen molar-refractivity contribution in [2.45, 2.75) is 33.2 Å². The van der Waals surface area contributed by atoms with Crippen LogP contribution in [0.25, 0.3) is 0 Å². The molecule has 0 unspecified atom stereocenters. The molecule has 0 aliphatic heterocycles. The first-order valence-electron chi connectivity index (χ1n) is 6.33. The molecule has 2 amide bonds. The Morgan fingerprint density at radius 1 is 1.45 bits per heavy atom. The molecule has 0 aromatic carbocycles. The van der Waals surface area contributed by atoms with Gasteiger partial charge in [-0.25, -0.2) is 4.79 Å². The van der Waals surface area contributed by atoms with Crippen LogP contribution in [0.2, 0.25) is 0 Å². The number of nitriles is 1. The van der Waals surface area contributed by atoms with Gasteiger partial charge in [-0.15, -0.1) is 0 Å². The minimum atomic E-state index is -0.644. The quantitative estimate of drug-likeness (QED) is 0.570. The molecule has 0 radical (unpaired) electrons. The minimum Gasteiger partial charge on any atom is -0.449 e. The fourth-order valence-corrected chi connectivity index (χ4v) is 1.26. The summed E-state index contributed by atoms with van der Waals surface area (Å²) in [7, 11) is 0. The van der Waals surface area contributed by atoms with Crippen molar-refractivity contribution in [3.05, 3.63) is 11.8 Å². The van der Waals surface area contributed by atoms with Gasteiger partial charge in [-0.1, -0.05) is 0 Å². The molecular weight excluding hydrogens is 260 g/mol. The smallest absolute Gasteiger partial charge is 0.413 e. The van der Waals surface area contributed by atoms with Crippen LogP contribution >= 0.6 is 0 Å². The van der Waals surface area contributed by atoms with Crippen LogP contribution in [-0.4, -0.2) is 42.1 Å². The topological polar surface area (TPSA) is 108 Å². The zero-order valence-corrected chi connectivity index (χ0v) is 12.4. The van der Waals surface area contributed by atoms with E-state index < -0.39 is 17.5 Å². The predicted molar refractivity (Wildman–Crippen MR) is 74.4 cm³/mol. The molecule has 0 rings (SSSR count). The molecule has 0 aromatic rings. The van der Waals surface area contributed by atoms with Crippen LogP contribution in [0.15, 0.2) is 11.8 Å². The molecule has 0 fully saturated rings. The van der Waals surface area contributed by atoms with Crippen LogP contribution in [0.3, 0.4) is 0 Å². The van der Waals surface area contributed by atoms with Gasteiger partial charge in [-0.2, -0.15) is 5.26 Å². The third-order valence-corrected chi connectivity index (χ3v) is 2.01. The van der Waals surface area contributed by atoms with Gasteiger partial charge in [0.1, 0.15) is 11.6 Å². The van der Waals surface area contributed by atoms with Crippen molar-refractivity contribution in [2.24, 2.45) is 5.73 Å². The minimum absolute atomic E-state index is 0.160. The third-order valence-electron chi connectivity index (χ3n) is 2.01. The molecule has 0 bridgehead atoms. The molecule has 112 valence electrons. The summed E-state index contributed by atoms with van der Waals surface area (Å²) in [5.74, 6) is -0.550. The maximum Gasteiger partial charge on any atom is 0.413 e. The summed E-state index contributed by atoms with van der Waals surface area (Å²) in [6.07, 6.45) is 0.514. The van der Waals surface area contributed by atoms with Gasteiger partial charge >= 0.3 is 6.09 Å². The van der Waals surface area contributed by atoms with E-state index in [0.717, 1.165) is 11.1 Å². The van der Waals surface area contributed by atoms with E-state index in [4.69, 9.17) is 15.7 Å². The molecule has 7 nitrogen and oxygen atoms in total. The van der Waals surface area contributed by atoms with E-state index in [9.17, 15) is 9.59 Å². The van der Waals surface area contributed by atoms with Crippen LogP contribution in [0.1, 0.15) is 27.7 Å². The first kappa shape index (κ1) is 17.9. The van der Waals surface area contributed by atoms with Crippen LogP contribution in [-0.2, 0) is 9.53 Å². The van der Waals surface area contributed by atoms with Crippen molar-refractivity contribution in [3.8, 4) is 6.07 Å². The number of carbonyl (C=O) groups is 2. The second-order valence-corrected chi connectivity index (χ2v) is 5.04. The Morgan fingerprint density at radius 3 is 2.45 bits per heavy atom. The monoisotopic (exact) mass is 282 g/mol. The summed E-state index contributed by atoms with van der Waals surface area (Å²) >= 11 is 0. The zero-order valence-electron chi connectivity index (χ0n) is 12.4. The lowest BCUT2D eigenvalue weighted by Crippen LogP contribution is -2.42. The zero-order chi connectivity index (χ0) is 15.8. The molecule has 0 spiro atoms. The first-order valence-corrected chi connectivity index (χ1v) is 6.33. The van der Waals surface area contributed by atoms with Crippen molar-refractivity contribution >= 4 is 12.0 Å². The van der Waals surface area contributed by atoms with Gasteiger partial charge < -0.3 is 15.8 Å². The van der Waals surface area contributed by atoms with Gasteiger partial charge in [0.25, 0.3) is 5.91 Å². The molecule has 0 saturated carbocycles. The van der Waals surface area contributed by atoms with Crippen LogP contribution in [0, 0.1) is 11.3 Å². The van der Waals surface area contributed by atoms with Crippen LogP contribution in [0.5, 0.6) is 0 Å². The summed E-state index contributed by atoms with van der Waals surface area (Å²) in [5.41, 5.74) is 4.74. The lowest BCUT2D eigenvalue weighted by Gasteiger charge is -2.21. The molecule has 0 aliphatic carbocycles. The highest BCUT2D eigenvalue weighted by molar-refractivity contribution is 5.97. The Bertz CT molecular complexity index is 418. The number of ether oxygens (including phenoxy) is 1. The third kappa shape index (κ3) is 6.75. The summed E-state index contributed by atoms with van der Waals surface area (Å²) in [6.45, 7) is 7.60. The fraction of sp³-hybridized carbons (Fsp3) is 0.615. The van der Waals surface area contributed by atoms with Gasteiger partial charge in [-0.05, 0) is 27.7 Å². The first-order chi connectivity index (χ1) is 9.25. The van der Waals surface area contributed by atoms with E-state index in [1.54, 1.807) is 33.8 Å². The second kappa shape index (κ2) is 8.17. The number of nitrogens with two attached hydrogens (primary N) is 1. The largest absolute Gasteiger partial charge is 0.449 e. The summed E-state index contributed by atoms with van der Waals surface area (Å²) < 4.78 is 4.83. The average molecular weight is 282 g/mol. The molecule has 0 saturated heterocycles. The standard InChI is InChI=1S/C13H22N4O3/c1-5-20-12(19)17(7-6-14)9-10(8-15)11(18)16-13(2,3)4/h9H,5-7,14H2,1-4H3,(H,16,18)/b10-9-. The highest BCUT2D eigenvalue weighted by Gasteiger charge is 2.20. The number of nitrogens with zero attached hydrogens (tertiary/aromatic N) is 2. The van der Waals surface area contributed by atoms with E-state index in [-0.39, 0.29) is 25.3 Å². The van der Waals surface area contributed by atoms with Crippen molar-refractivity contribution in [1.29, 1.82) is 5.26 Å². The average Bonchev–Trinajstić information content (AvgIpc) is 2.32. The maximum atomic E-state index is 11.9. The van der Waals surface area contributed by atoms with Gasteiger partial charge in [0, 0.05) is 24.8 Å². The molecule has 0 atom stereocenters. The van der Waals surface area contributed by atoms with Crippen molar-refractivity contribution < 1.29 is 14.3 Å². The van der Waals surface area contributed by atoms with Gasteiger partial charge in [0.15, 0.2) is 0 Å². The fourth-order valence-electron chi connectivity index (χ4n) is 1.26. The molecule has 0 aliphatic rings. The molecule has 0 heterocycles. The van der Waals surface area contributed by atoms with Crippen molar-refractivity contribution in [2.75, 3.05) is 19.7 Å². The summed E-state index contributed by atoms with van der Waals surface area (Å²) in [4.78, 5) is 24.7. The van der Waals surface area contributed by atoms with Crippen LogP contribution in [0.4, 0.5) is 4.79 Å². The van der Waals surface area contributed by atoms with E-state index >= 15 is 0 Å². The van der Waals surface area contributed by atoms with E-state index in [2.05, 4.69) is 5.32 Å². The van der Waals surface area contributed by atoms with Crippen LogP contribution < -0.4 is 11.1 Å². The number of rotatable bonds is 5. The molecule has 20 heavy (non-hydrogen) atoms. The summed E-state index contributed by atoms with van der Waals surface area (Å²) in [6, 6.07) is 1.77. The van der Waals surface area contributed by atoms with E-state index in [1.165, 1.54) is 0 Å². The normalized spacial score (nSPS) is 11.5. The number of amides is 2. The van der Waals surface area contributed by atoms with Crippen molar-refractivity contribution in [3.63, 3.8) is 0 Å². The van der Waals surface area contributed by atoms with Gasteiger partial charge in [0.2, 0.25) is 0 Å². The SMILES string of the molecule is CCOC(=O)N(/C=C(/C#N)C(=O)NC(C)(C)C)CCN. The number of nitrogens with one attached hydrogen (secondary N) is 1. The molecular formula is C13H22N4O3. The van der Waals surface area contributed by atoms with Gasteiger partial charge in [0.05, 0.1) is 6.61 Å². The number of hydrogen-bond donors (Lipinski definition) is 2. The Labute approximate surface area is 119 Å². The Balaban J connectivity index is 5.11. The molecule has 0 aromatic heterocycles. The van der Waals surface area contributed by atoms with Crippen molar-refractivity contribution in [1.82, 2.24) is 10.2 Å². The Kier molecular flexibility index (Phi) is 7.33. The number of carbonyl (C=O) groups excluding carboxylic acids is 2. The Hall–Kier alpha value is -2.07. The Morgan fingerprint density at radius 2 is 2.05 bits per heavy atom. The lowest BCUT2D eigenvalue weighted by atomic mass is 10.1. The predicted octanol–water partition coefficient (Wildman–Crippen LogP) is 0.726.